The Morgan fingerprint density at radius 1 is 1.37 bits per heavy atom. The van der Waals surface area contributed by atoms with Crippen molar-refractivity contribution < 1.29 is 9.21 Å². The van der Waals surface area contributed by atoms with Crippen molar-refractivity contribution in [1.82, 2.24) is 5.32 Å². The normalized spacial score (nSPS) is 18.3. The summed E-state index contributed by atoms with van der Waals surface area (Å²) in [7, 11) is 0. The summed E-state index contributed by atoms with van der Waals surface area (Å²) in [6, 6.07) is 1.81. The third-order valence-electron chi connectivity index (χ3n) is 4.11. The van der Waals surface area contributed by atoms with Gasteiger partial charge in [-0.05, 0) is 38.2 Å². The van der Waals surface area contributed by atoms with Gasteiger partial charge in [-0.25, -0.2) is 0 Å². The molecule has 0 radical (unpaired) electrons. The van der Waals surface area contributed by atoms with Gasteiger partial charge < -0.3 is 9.73 Å². The molecule has 0 unspecified atom stereocenters. The molecular formula is C15H22BrNO2. The molecule has 1 heterocycles. The number of aryl methyl sites for hydroxylation is 2. The summed E-state index contributed by atoms with van der Waals surface area (Å²) in [5.74, 6) is 1.47. The molecule has 0 aliphatic heterocycles. The zero-order valence-electron chi connectivity index (χ0n) is 11.7. The van der Waals surface area contributed by atoms with Gasteiger partial charge in [0.05, 0.1) is 5.56 Å². The van der Waals surface area contributed by atoms with E-state index in [-0.39, 0.29) is 11.3 Å². The van der Waals surface area contributed by atoms with Crippen LogP contribution in [0.4, 0.5) is 0 Å². The molecule has 1 aliphatic carbocycles. The number of nitrogens with one attached hydrogen (secondary N) is 1. The lowest BCUT2D eigenvalue weighted by atomic mass is 9.75. The average molecular weight is 328 g/mol. The predicted molar refractivity (Wildman–Crippen MR) is 79.8 cm³/mol. The number of hydrogen-bond donors (Lipinski definition) is 1. The van der Waals surface area contributed by atoms with Crippen LogP contribution in [0.3, 0.4) is 0 Å². The highest BCUT2D eigenvalue weighted by atomic mass is 79.9. The second-order valence-electron chi connectivity index (χ2n) is 5.70. The monoisotopic (exact) mass is 327 g/mol. The number of furan rings is 1. The number of rotatable bonds is 4. The van der Waals surface area contributed by atoms with Gasteiger partial charge in [-0.15, -0.1) is 0 Å². The topological polar surface area (TPSA) is 42.2 Å². The Hall–Kier alpha value is -0.770. The molecular weight excluding hydrogens is 306 g/mol. The zero-order chi connectivity index (χ0) is 13.9. The lowest BCUT2D eigenvalue weighted by Crippen LogP contribution is -2.40. The van der Waals surface area contributed by atoms with Crippen LogP contribution in [0.1, 0.15) is 54.0 Å². The van der Waals surface area contributed by atoms with Gasteiger partial charge >= 0.3 is 0 Å². The van der Waals surface area contributed by atoms with Crippen LogP contribution in [0, 0.1) is 19.3 Å². The van der Waals surface area contributed by atoms with Crippen LogP contribution in [-0.4, -0.2) is 17.8 Å². The molecule has 1 fully saturated rings. The zero-order valence-corrected chi connectivity index (χ0v) is 13.3. The number of hydrogen-bond acceptors (Lipinski definition) is 2. The molecule has 19 heavy (non-hydrogen) atoms. The maximum Gasteiger partial charge on any atom is 0.254 e. The molecule has 2 rings (SSSR count). The fourth-order valence-electron chi connectivity index (χ4n) is 2.88. The molecule has 1 aromatic heterocycles. The Bertz CT molecular complexity index is 447. The van der Waals surface area contributed by atoms with Crippen molar-refractivity contribution in [2.24, 2.45) is 5.41 Å². The highest BCUT2D eigenvalue weighted by molar-refractivity contribution is 9.09. The van der Waals surface area contributed by atoms with E-state index >= 15 is 0 Å². The van der Waals surface area contributed by atoms with Crippen LogP contribution in [0.25, 0.3) is 0 Å². The van der Waals surface area contributed by atoms with Crippen molar-refractivity contribution >= 4 is 21.8 Å². The van der Waals surface area contributed by atoms with E-state index in [0.29, 0.717) is 11.3 Å². The molecule has 1 amide bonds. The quantitative estimate of drug-likeness (QED) is 0.850. The van der Waals surface area contributed by atoms with Gasteiger partial charge in [-0.1, -0.05) is 35.2 Å². The molecule has 0 spiro atoms. The van der Waals surface area contributed by atoms with E-state index in [0.717, 1.165) is 17.6 Å². The van der Waals surface area contributed by atoms with Crippen molar-refractivity contribution in [3.63, 3.8) is 0 Å². The van der Waals surface area contributed by atoms with Gasteiger partial charge in [0.25, 0.3) is 5.91 Å². The lowest BCUT2D eigenvalue weighted by molar-refractivity contribution is 0.0920. The maximum absolute atomic E-state index is 12.2. The predicted octanol–water partition coefficient (Wildman–Crippen LogP) is 3.97. The second kappa shape index (κ2) is 6.12. The Morgan fingerprint density at radius 3 is 2.58 bits per heavy atom. The number of carbonyl (C=O) groups is 1. The third-order valence-corrected chi connectivity index (χ3v) is 5.30. The Kier molecular flexibility index (Phi) is 4.71. The van der Waals surface area contributed by atoms with Crippen molar-refractivity contribution in [3.8, 4) is 0 Å². The second-order valence-corrected chi connectivity index (χ2v) is 6.26. The summed E-state index contributed by atoms with van der Waals surface area (Å²) in [4.78, 5) is 12.2. The molecule has 1 saturated carbocycles. The highest BCUT2D eigenvalue weighted by Crippen LogP contribution is 2.37. The summed E-state index contributed by atoms with van der Waals surface area (Å²) in [6.07, 6.45) is 6.25. The van der Waals surface area contributed by atoms with Gasteiger partial charge in [-0.3, -0.25) is 4.79 Å². The highest BCUT2D eigenvalue weighted by Gasteiger charge is 2.31. The van der Waals surface area contributed by atoms with Crippen molar-refractivity contribution in [1.29, 1.82) is 0 Å². The third kappa shape index (κ3) is 3.41. The minimum atomic E-state index is -0.0137. The standard InChI is InChI=1S/C15H22BrNO2/c1-11-8-13(12(2)19-11)14(18)17-10-15(9-16)6-4-3-5-7-15/h8H,3-7,9-10H2,1-2H3,(H,17,18). The van der Waals surface area contributed by atoms with Crippen LogP contribution in [0.5, 0.6) is 0 Å². The van der Waals surface area contributed by atoms with E-state index in [1.54, 1.807) is 0 Å². The molecule has 1 aromatic rings. The summed E-state index contributed by atoms with van der Waals surface area (Å²) >= 11 is 3.62. The number of alkyl halides is 1. The Morgan fingerprint density at radius 2 is 2.05 bits per heavy atom. The molecule has 106 valence electrons. The first-order chi connectivity index (χ1) is 9.06. The van der Waals surface area contributed by atoms with Crippen molar-refractivity contribution in [2.75, 3.05) is 11.9 Å². The number of carbonyl (C=O) groups excluding carboxylic acids is 1. The van der Waals surface area contributed by atoms with Crippen molar-refractivity contribution in [3.05, 3.63) is 23.2 Å². The number of halogens is 1. The molecule has 0 bridgehead atoms. The van der Waals surface area contributed by atoms with E-state index in [2.05, 4.69) is 21.2 Å². The van der Waals surface area contributed by atoms with Gasteiger partial charge in [0.2, 0.25) is 0 Å². The minimum absolute atomic E-state index is 0.0137. The fourth-order valence-corrected chi connectivity index (χ4v) is 3.64. The largest absolute Gasteiger partial charge is 0.466 e. The first-order valence-electron chi connectivity index (χ1n) is 6.97. The van der Waals surface area contributed by atoms with Gasteiger partial charge in [0.1, 0.15) is 11.5 Å². The molecule has 0 aromatic carbocycles. The van der Waals surface area contributed by atoms with E-state index in [1.165, 1.54) is 32.1 Å². The Balaban J connectivity index is 1.97. The molecule has 3 nitrogen and oxygen atoms in total. The first kappa shape index (κ1) is 14.6. The van der Waals surface area contributed by atoms with Gasteiger partial charge in [-0.2, -0.15) is 0 Å². The van der Waals surface area contributed by atoms with Crippen LogP contribution >= 0.6 is 15.9 Å². The van der Waals surface area contributed by atoms with E-state index < -0.39 is 0 Å². The molecule has 0 atom stereocenters. The van der Waals surface area contributed by atoms with Gasteiger partial charge in [0.15, 0.2) is 0 Å². The molecule has 1 aliphatic rings. The summed E-state index contributed by atoms with van der Waals surface area (Å²) < 4.78 is 5.41. The van der Waals surface area contributed by atoms with Crippen LogP contribution in [0.15, 0.2) is 10.5 Å². The summed E-state index contributed by atoms with van der Waals surface area (Å²) in [5, 5.41) is 4.05. The number of amides is 1. The van der Waals surface area contributed by atoms with E-state index in [4.69, 9.17) is 4.42 Å². The average Bonchev–Trinajstić information content (AvgIpc) is 2.76. The minimum Gasteiger partial charge on any atom is -0.466 e. The fraction of sp³-hybridized carbons (Fsp3) is 0.667. The summed E-state index contributed by atoms with van der Waals surface area (Å²) in [6.45, 7) is 4.45. The smallest absolute Gasteiger partial charge is 0.254 e. The van der Waals surface area contributed by atoms with E-state index in [9.17, 15) is 4.79 Å². The van der Waals surface area contributed by atoms with Crippen LogP contribution < -0.4 is 5.32 Å². The Labute approximate surface area is 123 Å². The summed E-state index contributed by atoms with van der Waals surface area (Å²) in [5.41, 5.74) is 0.902. The van der Waals surface area contributed by atoms with Gasteiger partial charge in [0, 0.05) is 11.9 Å². The van der Waals surface area contributed by atoms with E-state index in [1.807, 2.05) is 19.9 Å². The van der Waals surface area contributed by atoms with Crippen molar-refractivity contribution in [2.45, 2.75) is 46.0 Å². The van der Waals surface area contributed by atoms with Crippen LogP contribution in [0.2, 0.25) is 0 Å². The lowest BCUT2D eigenvalue weighted by Gasteiger charge is -2.35. The SMILES string of the molecule is Cc1cc(C(=O)NCC2(CBr)CCCCC2)c(C)o1. The molecule has 1 N–H and O–H groups in total. The maximum atomic E-state index is 12.2. The molecule has 0 saturated heterocycles. The molecule has 4 heteroatoms. The first-order valence-corrected chi connectivity index (χ1v) is 8.10. The van der Waals surface area contributed by atoms with Crippen LogP contribution in [-0.2, 0) is 0 Å².